The van der Waals surface area contributed by atoms with Gasteiger partial charge in [0.1, 0.15) is 0 Å². The third-order valence-corrected chi connectivity index (χ3v) is 3.17. The predicted octanol–water partition coefficient (Wildman–Crippen LogP) is 0.611. The summed E-state index contributed by atoms with van der Waals surface area (Å²) in [6.45, 7) is 0. The van der Waals surface area contributed by atoms with Gasteiger partial charge in [-0.25, -0.2) is 0 Å². The van der Waals surface area contributed by atoms with E-state index in [2.05, 4.69) is 33.2 Å². The highest BCUT2D eigenvalue weighted by Gasteiger charge is 2.43. The summed E-state index contributed by atoms with van der Waals surface area (Å²) in [5, 5.41) is 0. The molecule has 0 saturated heterocycles. The Kier molecular flexibility index (Phi) is 3.58. The normalized spacial score (nSPS) is 31.0. The van der Waals surface area contributed by atoms with Crippen molar-refractivity contribution < 1.29 is 19.1 Å². The highest BCUT2D eigenvalue weighted by Crippen LogP contribution is 2.39. The molecule has 0 radical (unpaired) electrons. The van der Waals surface area contributed by atoms with Crippen LogP contribution in [0.3, 0.4) is 0 Å². The molecule has 0 aromatic rings. The second-order valence-corrected chi connectivity index (χ2v) is 4.48. The number of ether oxygens (including phenoxy) is 2. The van der Waals surface area contributed by atoms with Gasteiger partial charge in [0, 0.05) is 11.8 Å². The van der Waals surface area contributed by atoms with Gasteiger partial charge in [0.05, 0.1) is 26.1 Å². The summed E-state index contributed by atoms with van der Waals surface area (Å²) >= 11 is 0. The fourth-order valence-electron chi connectivity index (χ4n) is 1.79. The molecule has 0 heterocycles. The van der Waals surface area contributed by atoms with Crippen LogP contribution in [0.4, 0.5) is 0 Å². The van der Waals surface area contributed by atoms with Gasteiger partial charge in [-0.3, -0.25) is 9.59 Å². The van der Waals surface area contributed by atoms with Crippen molar-refractivity contribution in [3.05, 3.63) is 0 Å². The standard InChI is InChI=1S/C14H14O4/c1-17-13(15)11-7-9(11)5-3-4-6-10-8-12(10)14(16)18-2/h9-12H,7-8H2,1-2H3. The SMILES string of the molecule is COC(=O)C1CC1C#CC#CC1CC1C(=O)OC. The maximum absolute atomic E-state index is 11.1. The molecule has 0 aromatic carbocycles. The number of methoxy groups -OCH3 is 2. The van der Waals surface area contributed by atoms with Gasteiger partial charge >= 0.3 is 11.9 Å². The quantitative estimate of drug-likeness (QED) is 0.529. The number of carbonyl (C=O) groups is 2. The number of esters is 2. The zero-order valence-corrected chi connectivity index (χ0v) is 10.4. The van der Waals surface area contributed by atoms with Crippen molar-refractivity contribution in [2.24, 2.45) is 23.7 Å². The summed E-state index contributed by atoms with van der Waals surface area (Å²) in [7, 11) is 2.76. The summed E-state index contributed by atoms with van der Waals surface area (Å²) in [6.07, 6.45) is 1.52. The smallest absolute Gasteiger partial charge is 0.309 e. The van der Waals surface area contributed by atoms with Crippen molar-refractivity contribution in [2.45, 2.75) is 12.8 Å². The van der Waals surface area contributed by atoms with Gasteiger partial charge in [0.2, 0.25) is 0 Å². The lowest BCUT2D eigenvalue weighted by Gasteiger charge is -1.91. The van der Waals surface area contributed by atoms with Crippen LogP contribution in [0.15, 0.2) is 0 Å². The molecule has 4 heteroatoms. The summed E-state index contributed by atoms with van der Waals surface area (Å²) in [6, 6.07) is 0. The summed E-state index contributed by atoms with van der Waals surface area (Å²) in [4.78, 5) is 22.2. The molecule has 18 heavy (non-hydrogen) atoms. The topological polar surface area (TPSA) is 52.6 Å². The molecule has 94 valence electrons. The first-order valence-corrected chi connectivity index (χ1v) is 5.84. The van der Waals surface area contributed by atoms with Gasteiger partial charge in [0.15, 0.2) is 0 Å². The molecule has 0 aromatic heterocycles. The lowest BCUT2D eigenvalue weighted by atomic mass is 10.3. The first kappa shape index (κ1) is 12.5. The minimum absolute atomic E-state index is 0.0759. The van der Waals surface area contributed by atoms with Crippen LogP contribution in [0.25, 0.3) is 0 Å². The van der Waals surface area contributed by atoms with E-state index in [1.54, 1.807) is 0 Å². The van der Waals surface area contributed by atoms with E-state index < -0.39 is 0 Å². The molecule has 2 aliphatic rings. The van der Waals surface area contributed by atoms with Crippen LogP contribution >= 0.6 is 0 Å². The maximum Gasteiger partial charge on any atom is 0.309 e. The average Bonchev–Trinajstić information content (AvgIpc) is 3.27. The Morgan fingerprint density at radius 1 is 0.889 bits per heavy atom. The van der Waals surface area contributed by atoms with Gasteiger partial charge in [-0.1, -0.05) is 11.8 Å². The Hall–Kier alpha value is -1.94. The second-order valence-electron chi connectivity index (χ2n) is 4.48. The molecule has 4 nitrogen and oxygen atoms in total. The summed E-state index contributed by atoms with van der Waals surface area (Å²) < 4.78 is 9.24. The van der Waals surface area contributed by atoms with Gasteiger partial charge < -0.3 is 9.47 Å². The molecule has 0 amide bonds. The molecular weight excluding hydrogens is 232 g/mol. The van der Waals surface area contributed by atoms with Crippen LogP contribution < -0.4 is 0 Å². The summed E-state index contributed by atoms with van der Waals surface area (Å²) in [5.41, 5.74) is 0. The molecule has 4 unspecified atom stereocenters. The largest absolute Gasteiger partial charge is 0.469 e. The number of hydrogen-bond acceptors (Lipinski definition) is 4. The molecule has 0 aliphatic heterocycles. The van der Waals surface area contributed by atoms with Gasteiger partial charge in [0.25, 0.3) is 0 Å². The van der Waals surface area contributed by atoms with E-state index in [4.69, 9.17) is 0 Å². The molecule has 2 fully saturated rings. The van der Waals surface area contributed by atoms with Crippen LogP contribution in [0.1, 0.15) is 12.8 Å². The van der Waals surface area contributed by atoms with E-state index in [0.29, 0.717) is 0 Å². The van der Waals surface area contributed by atoms with E-state index in [0.717, 1.165) is 12.8 Å². The predicted molar refractivity (Wildman–Crippen MR) is 62.8 cm³/mol. The number of rotatable bonds is 2. The Balaban J connectivity index is 1.75. The van der Waals surface area contributed by atoms with Crippen molar-refractivity contribution in [1.29, 1.82) is 0 Å². The average molecular weight is 246 g/mol. The van der Waals surface area contributed by atoms with Crippen LogP contribution in [0, 0.1) is 47.4 Å². The van der Waals surface area contributed by atoms with E-state index in [1.807, 2.05) is 0 Å². The van der Waals surface area contributed by atoms with Crippen molar-refractivity contribution in [3.63, 3.8) is 0 Å². The Morgan fingerprint density at radius 2 is 1.28 bits per heavy atom. The summed E-state index contributed by atoms with van der Waals surface area (Å²) in [5.74, 6) is 10.9. The van der Waals surface area contributed by atoms with E-state index in [1.165, 1.54) is 14.2 Å². The molecular formula is C14H14O4. The Labute approximate surface area is 106 Å². The zero-order valence-electron chi connectivity index (χ0n) is 10.4. The molecule has 4 atom stereocenters. The third kappa shape index (κ3) is 2.84. The van der Waals surface area contributed by atoms with Crippen molar-refractivity contribution >= 4 is 11.9 Å². The van der Waals surface area contributed by atoms with Crippen LogP contribution in [-0.4, -0.2) is 26.2 Å². The molecule has 0 spiro atoms. The van der Waals surface area contributed by atoms with Gasteiger partial charge in [-0.2, -0.15) is 0 Å². The first-order chi connectivity index (χ1) is 8.67. The highest BCUT2D eigenvalue weighted by molar-refractivity contribution is 5.77. The molecule has 0 bridgehead atoms. The van der Waals surface area contributed by atoms with Crippen LogP contribution in [-0.2, 0) is 19.1 Å². The van der Waals surface area contributed by atoms with E-state index in [9.17, 15) is 9.59 Å². The lowest BCUT2D eigenvalue weighted by molar-refractivity contribution is -0.143. The molecule has 0 N–H and O–H groups in total. The Bertz CT molecular complexity index is 439. The monoisotopic (exact) mass is 246 g/mol. The van der Waals surface area contributed by atoms with E-state index >= 15 is 0 Å². The van der Waals surface area contributed by atoms with Gasteiger partial charge in [-0.05, 0) is 24.7 Å². The number of carbonyl (C=O) groups excluding carboxylic acids is 2. The minimum atomic E-state index is -0.199. The Morgan fingerprint density at radius 3 is 1.61 bits per heavy atom. The van der Waals surface area contributed by atoms with Gasteiger partial charge in [-0.15, -0.1) is 0 Å². The third-order valence-electron chi connectivity index (χ3n) is 3.17. The zero-order chi connectivity index (χ0) is 13.1. The fraction of sp³-hybridized carbons (Fsp3) is 0.571. The van der Waals surface area contributed by atoms with Crippen LogP contribution in [0.2, 0.25) is 0 Å². The first-order valence-electron chi connectivity index (χ1n) is 5.84. The van der Waals surface area contributed by atoms with Crippen molar-refractivity contribution in [3.8, 4) is 23.7 Å². The van der Waals surface area contributed by atoms with Crippen LogP contribution in [0.5, 0.6) is 0 Å². The highest BCUT2D eigenvalue weighted by atomic mass is 16.5. The molecule has 2 saturated carbocycles. The second kappa shape index (κ2) is 5.14. The molecule has 2 rings (SSSR count). The van der Waals surface area contributed by atoms with E-state index in [-0.39, 0.29) is 35.6 Å². The van der Waals surface area contributed by atoms with Crippen molar-refractivity contribution in [1.82, 2.24) is 0 Å². The van der Waals surface area contributed by atoms with Crippen molar-refractivity contribution in [2.75, 3.05) is 14.2 Å². The lowest BCUT2D eigenvalue weighted by Crippen LogP contribution is -2.03. The number of hydrogen-bond donors (Lipinski definition) is 0. The fourth-order valence-corrected chi connectivity index (χ4v) is 1.79. The molecule has 2 aliphatic carbocycles. The maximum atomic E-state index is 11.1. The minimum Gasteiger partial charge on any atom is -0.469 e.